The number of ether oxygens (including phenoxy) is 1. The SMILES string of the molecule is O=C(C1CCCN1S(=O)(=O)c1cc(Cl)sc1Cl)N1CCOCC1. The van der Waals surface area contributed by atoms with E-state index in [0.29, 0.717) is 50.0 Å². The predicted molar refractivity (Wildman–Crippen MR) is 88.7 cm³/mol. The molecule has 6 nitrogen and oxygen atoms in total. The summed E-state index contributed by atoms with van der Waals surface area (Å²) < 4.78 is 32.7. The molecule has 0 bridgehead atoms. The fourth-order valence-electron chi connectivity index (χ4n) is 2.90. The van der Waals surface area contributed by atoms with Crippen molar-refractivity contribution in [2.75, 3.05) is 32.8 Å². The van der Waals surface area contributed by atoms with Crippen molar-refractivity contribution in [3.05, 3.63) is 14.7 Å². The van der Waals surface area contributed by atoms with Gasteiger partial charge in [0, 0.05) is 19.6 Å². The number of thiophene rings is 1. The fourth-order valence-corrected chi connectivity index (χ4v) is 6.66. The minimum Gasteiger partial charge on any atom is -0.378 e. The number of hydrogen-bond acceptors (Lipinski definition) is 5. The number of amides is 1. The molecule has 1 atom stereocenters. The lowest BCUT2D eigenvalue weighted by atomic mass is 10.2. The molecule has 0 N–H and O–H groups in total. The van der Waals surface area contributed by atoms with E-state index in [0.717, 1.165) is 11.3 Å². The molecule has 2 aliphatic rings. The Balaban J connectivity index is 1.86. The van der Waals surface area contributed by atoms with Crippen LogP contribution >= 0.6 is 34.5 Å². The summed E-state index contributed by atoms with van der Waals surface area (Å²) in [5.74, 6) is -0.160. The van der Waals surface area contributed by atoms with Crippen molar-refractivity contribution in [3.8, 4) is 0 Å². The van der Waals surface area contributed by atoms with Gasteiger partial charge in [-0.2, -0.15) is 4.31 Å². The summed E-state index contributed by atoms with van der Waals surface area (Å²) >= 11 is 12.9. The van der Waals surface area contributed by atoms with Gasteiger partial charge in [0.2, 0.25) is 15.9 Å². The first-order valence-corrected chi connectivity index (χ1v) is 10.3. The molecule has 0 aliphatic carbocycles. The molecule has 10 heteroatoms. The van der Waals surface area contributed by atoms with E-state index in [1.165, 1.54) is 10.4 Å². The van der Waals surface area contributed by atoms with Gasteiger partial charge in [-0.05, 0) is 18.9 Å². The molecule has 3 heterocycles. The second-order valence-corrected chi connectivity index (χ2v) is 9.54. The van der Waals surface area contributed by atoms with Crippen LogP contribution in [-0.4, -0.2) is 62.4 Å². The van der Waals surface area contributed by atoms with Crippen molar-refractivity contribution in [2.45, 2.75) is 23.8 Å². The molecule has 3 rings (SSSR count). The van der Waals surface area contributed by atoms with Gasteiger partial charge in [-0.3, -0.25) is 4.79 Å². The van der Waals surface area contributed by atoms with Crippen LogP contribution in [0.3, 0.4) is 0 Å². The smallest absolute Gasteiger partial charge is 0.246 e. The highest BCUT2D eigenvalue weighted by Crippen LogP contribution is 2.38. The van der Waals surface area contributed by atoms with Gasteiger partial charge in [0.15, 0.2) is 0 Å². The van der Waals surface area contributed by atoms with E-state index in [4.69, 9.17) is 27.9 Å². The van der Waals surface area contributed by atoms with E-state index in [1.54, 1.807) is 4.90 Å². The Kier molecular flexibility index (Phi) is 5.20. The maximum Gasteiger partial charge on any atom is 0.246 e. The molecule has 1 amide bonds. The summed E-state index contributed by atoms with van der Waals surface area (Å²) in [5, 5.41) is 0. The van der Waals surface area contributed by atoms with Crippen molar-refractivity contribution in [1.82, 2.24) is 9.21 Å². The van der Waals surface area contributed by atoms with Crippen LogP contribution in [0, 0.1) is 0 Å². The van der Waals surface area contributed by atoms with Gasteiger partial charge in [0.1, 0.15) is 15.3 Å². The van der Waals surface area contributed by atoms with Gasteiger partial charge in [-0.25, -0.2) is 8.42 Å². The Morgan fingerprint density at radius 3 is 2.57 bits per heavy atom. The second kappa shape index (κ2) is 6.85. The van der Waals surface area contributed by atoms with E-state index < -0.39 is 16.1 Å². The van der Waals surface area contributed by atoms with Crippen molar-refractivity contribution in [1.29, 1.82) is 0 Å². The zero-order chi connectivity index (χ0) is 16.6. The van der Waals surface area contributed by atoms with Crippen LogP contribution in [0.1, 0.15) is 12.8 Å². The molecule has 128 valence electrons. The van der Waals surface area contributed by atoms with Crippen molar-refractivity contribution < 1.29 is 17.9 Å². The first-order valence-electron chi connectivity index (χ1n) is 7.24. The molecule has 0 aromatic carbocycles. The summed E-state index contributed by atoms with van der Waals surface area (Å²) in [6, 6.07) is 0.672. The molecule has 0 spiro atoms. The summed E-state index contributed by atoms with van der Waals surface area (Å²) in [5.41, 5.74) is 0. The molecule has 2 fully saturated rings. The first-order chi connectivity index (χ1) is 10.9. The number of nitrogens with zero attached hydrogens (tertiary/aromatic N) is 2. The monoisotopic (exact) mass is 398 g/mol. The number of rotatable bonds is 3. The highest BCUT2D eigenvalue weighted by Gasteiger charge is 2.42. The average Bonchev–Trinajstić information content (AvgIpc) is 3.14. The number of carbonyl (C=O) groups is 1. The molecular formula is C13H16Cl2N2O4S2. The van der Waals surface area contributed by atoms with Crippen LogP contribution in [0.2, 0.25) is 8.67 Å². The quantitative estimate of drug-likeness (QED) is 0.781. The lowest BCUT2D eigenvalue weighted by molar-refractivity contribution is -0.138. The van der Waals surface area contributed by atoms with Gasteiger partial charge >= 0.3 is 0 Å². The molecule has 2 aliphatic heterocycles. The molecule has 1 aromatic rings. The summed E-state index contributed by atoms with van der Waals surface area (Å²) in [6.07, 6.45) is 1.17. The fraction of sp³-hybridized carbons (Fsp3) is 0.615. The normalized spacial score (nSPS) is 23.4. The highest BCUT2D eigenvalue weighted by molar-refractivity contribution is 7.89. The third-order valence-corrected chi connectivity index (χ3v) is 7.68. The minimum atomic E-state index is -3.83. The standard InChI is InChI=1S/C13H16Cl2N2O4S2/c14-11-8-10(12(15)22-11)23(19,20)17-3-1-2-9(17)13(18)16-4-6-21-7-5-16/h8-9H,1-7H2. The number of carbonyl (C=O) groups excluding carboxylic acids is 1. The Hall–Kier alpha value is -0.380. The van der Waals surface area contributed by atoms with Gasteiger partial charge in [-0.1, -0.05) is 23.2 Å². The zero-order valence-electron chi connectivity index (χ0n) is 12.2. The van der Waals surface area contributed by atoms with Crippen LogP contribution in [-0.2, 0) is 19.6 Å². The molecule has 23 heavy (non-hydrogen) atoms. The van der Waals surface area contributed by atoms with Crippen LogP contribution in [0.4, 0.5) is 0 Å². The first kappa shape index (κ1) is 17.4. The molecule has 2 saturated heterocycles. The number of sulfonamides is 1. The largest absolute Gasteiger partial charge is 0.378 e. The van der Waals surface area contributed by atoms with E-state index in [2.05, 4.69) is 0 Å². The maximum atomic E-state index is 12.9. The van der Waals surface area contributed by atoms with Crippen LogP contribution in [0.5, 0.6) is 0 Å². The van der Waals surface area contributed by atoms with Gasteiger partial charge < -0.3 is 9.64 Å². The number of halogens is 2. The van der Waals surface area contributed by atoms with Crippen LogP contribution in [0.25, 0.3) is 0 Å². The predicted octanol–water partition coefficient (Wildman–Crippen LogP) is 2.07. The van der Waals surface area contributed by atoms with Crippen LogP contribution in [0.15, 0.2) is 11.0 Å². The molecular weight excluding hydrogens is 383 g/mol. The Morgan fingerprint density at radius 2 is 1.96 bits per heavy atom. The average molecular weight is 399 g/mol. The topological polar surface area (TPSA) is 66.9 Å². The van der Waals surface area contributed by atoms with E-state index in [9.17, 15) is 13.2 Å². The van der Waals surface area contributed by atoms with Crippen molar-refractivity contribution >= 4 is 50.5 Å². The van der Waals surface area contributed by atoms with Crippen molar-refractivity contribution in [3.63, 3.8) is 0 Å². The van der Waals surface area contributed by atoms with E-state index >= 15 is 0 Å². The minimum absolute atomic E-state index is 0.0177. The lowest BCUT2D eigenvalue weighted by Crippen LogP contribution is -2.50. The van der Waals surface area contributed by atoms with Gasteiger partial charge in [0.05, 0.1) is 17.6 Å². The highest BCUT2D eigenvalue weighted by atomic mass is 35.5. The maximum absolute atomic E-state index is 12.9. The molecule has 1 aromatic heterocycles. The zero-order valence-corrected chi connectivity index (χ0v) is 15.3. The van der Waals surface area contributed by atoms with Crippen LogP contribution < -0.4 is 0 Å². The Morgan fingerprint density at radius 1 is 1.26 bits per heavy atom. The van der Waals surface area contributed by atoms with Gasteiger partial charge in [-0.15, -0.1) is 11.3 Å². The summed E-state index contributed by atoms with van der Waals surface area (Å²) in [4.78, 5) is 14.3. The second-order valence-electron chi connectivity index (χ2n) is 5.40. The number of hydrogen-bond donors (Lipinski definition) is 0. The molecule has 0 radical (unpaired) electrons. The summed E-state index contributed by atoms with van der Waals surface area (Å²) in [7, 11) is -3.83. The third-order valence-electron chi connectivity index (χ3n) is 4.02. The van der Waals surface area contributed by atoms with Gasteiger partial charge in [0.25, 0.3) is 0 Å². The summed E-state index contributed by atoms with van der Waals surface area (Å²) in [6.45, 7) is 2.27. The Bertz CT molecular complexity index is 701. The number of morpholine rings is 1. The molecule has 0 saturated carbocycles. The molecule has 1 unspecified atom stereocenters. The van der Waals surface area contributed by atoms with Crippen molar-refractivity contribution in [2.24, 2.45) is 0 Å². The van der Waals surface area contributed by atoms with E-state index in [-0.39, 0.29) is 15.1 Å². The van der Waals surface area contributed by atoms with E-state index in [1.807, 2.05) is 0 Å². The Labute approximate surface area is 149 Å². The third kappa shape index (κ3) is 3.38. The lowest BCUT2D eigenvalue weighted by Gasteiger charge is -2.32.